The summed E-state index contributed by atoms with van der Waals surface area (Å²) < 4.78 is 35.0. The van der Waals surface area contributed by atoms with Crippen LogP contribution in [0.1, 0.15) is 17.5 Å². The molecule has 0 unspecified atom stereocenters. The lowest BCUT2D eigenvalue weighted by molar-refractivity contribution is 0.228. The molecular formula is C29H30F2N2O3. The second-order valence-electron chi connectivity index (χ2n) is 9.53. The van der Waals surface area contributed by atoms with Crippen molar-refractivity contribution in [2.45, 2.75) is 19.9 Å². The molecule has 0 bridgehead atoms. The van der Waals surface area contributed by atoms with E-state index in [9.17, 15) is 19.0 Å². The van der Waals surface area contributed by atoms with Gasteiger partial charge in [-0.25, -0.2) is 4.39 Å². The van der Waals surface area contributed by atoms with Crippen molar-refractivity contribution in [2.24, 2.45) is 5.92 Å². The quantitative estimate of drug-likeness (QED) is 0.322. The molecule has 2 heterocycles. The number of phenols is 2. The van der Waals surface area contributed by atoms with Gasteiger partial charge in [-0.05, 0) is 79.5 Å². The van der Waals surface area contributed by atoms with Gasteiger partial charge in [-0.15, -0.1) is 0 Å². The van der Waals surface area contributed by atoms with Gasteiger partial charge in [0.05, 0.1) is 12.4 Å². The first-order valence-corrected chi connectivity index (χ1v) is 12.2. The Morgan fingerprint density at radius 1 is 1.03 bits per heavy atom. The van der Waals surface area contributed by atoms with Gasteiger partial charge in [-0.2, -0.15) is 0 Å². The highest BCUT2D eigenvalue weighted by Crippen LogP contribution is 2.37. The number of likely N-dealkylation sites (tertiary alicyclic amines) is 1. The Morgan fingerprint density at radius 2 is 1.83 bits per heavy atom. The van der Waals surface area contributed by atoms with Crippen molar-refractivity contribution in [1.29, 1.82) is 0 Å². The molecule has 0 amide bonds. The van der Waals surface area contributed by atoms with Gasteiger partial charge in [0.25, 0.3) is 0 Å². The first-order chi connectivity index (χ1) is 17.4. The molecule has 1 fully saturated rings. The minimum Gasteiger partial charge on any atom is -0.508 e. The molecule has 1 aromatic heterocycles. The number of aromatic nitrogens is 1. The summed E-state index contributed by atoms with van der Waals surface area (Å²) in [4.78, 5) is 2.24. The van der Waals surface area contributed by atoms with Gasteiger partial charge in [-0.1, -0.05) is 12.1 Å². The van der Waals surface area contributed by atoms with E-state index in [1.54, 1.807) is 18.2 Å². The Morgan fingerprint density at radius 3 is 2.56 bits per heavy atom. The molecule has 0 saturated carbocycles. The summed E-state index contributed by atoms with van der Waals surface area (Å²) in [5.41, 5.74) is 4.36. The number of phenolic OH excluding ortho intramolecular Hbond substituents is 2. The van der Waals surface area contributed by atoms with Crippen LogP contribution in [0.15, 0.2) is 60.7 Å². The summed E-state index contributed by atoms with van der Waals surface area (Å²) in [7, 11) is 0. The predicted molar refractivity (Wildman–Crippen MR) is 137 cm³/mol. The smallest absolute Gasteiger partial charge is 0.165 e. The number of aryl methyl sites for hydroxylation is 1. The second-order valence-corrected chi connectivity index (χ2v) is 9.53. The first kappa shape index (κ1) is 24.1. The molecule has 0 spiro atoms. The minimum absolute atomic E-state index is 0.157. The summed E-state index contributed by atoms with van der Waals surface area (Å²) in [6.45, 7) is 5.29. The Kier molecular flexibility index (Phi) is 6.83. The molecule has 5 nitrogen and oxygen atoms in total. The van der Waals surface area contributed by atoms with E-state index < -0.39 is 5.82 Å². The Bertz CT molecular complexity index is 1370. The number of alkyl halides is 1. The molecule has 4 aromatic rings. The summed E-state index contributed by atoms with van der Waals surface area (Å²) >= 11 is 0. The molecule has 0 aliphatic carbocycles. The van der Waals surface area contributed by atoms with Gasteiger partial charge in [0.2, 0.25) is 0 Å². The van der Waals surface area contributed by atoms with Gasteiger partial charge in [0.1, 0.15) is 18.1 Å². The van der Waals surface area contributed by atoms with E-state index in [0.717, 1.165) is 59.5 Å². The second kappa shape index (κ2) is 10.2. The highest BCUT2D eigenvalue weighted by Gasteiger charge is 2.22. The van der Waals surface area contributed by atoms with Crippen molar-refractivity contribution in [1.82, 2.24) is 9.47 Å². The molecule has 188 valence electrons. The van der Waals surface area contributed by atoms with Crippen LogP contribution in [0.2, 0.25) is 0 Å². The zero-order valence-electron chi connectivity index (χ0n) is 20.3. The van der Waals surface area contributed by atoms with E-state index in [1.807, 2.05) is 37.3 Å². The van der Waals surface area contributed by atoms with E-state index in [-0.39, 0.29) is 24.1 Å². The van der Waals surface area contributed by atoms with Crippen LogP contribution < -0.4 is 4.74 Å². The summed E-state index contributed by atoms with van der Waals surface area (Å²) in [5.74, 6) is 0.0344. The molecule has 1 saturated heterocycles. The van der Waals surface area contributed by atoms with Gasteiger partial charge >= 0.3 is 0 Å². The molecule has 7 heteroatoms. The fraction of sp³-hybridized carbons (Fsp3) is 0.310. The Hall–Kier alpha value is -3.58. The molecule has 5 rings (SSSR count). The number of fused-ring (bicyclic) bond motifs is 1. The fourth-order valence-corrected chi connectivity index (χ4v) is 5.11. The normalized spacial score (nSPS) is 16.1. The SMILES string of the molecule is Cc1c(-c2ccc(O)c(F)c2)n(Cc2ccc(OCCN3CC[C@@H](CF)C3)cc2)c2ccc(O)cc12. The molecule has 2 N–H and O–H groups in total. The number of halogens is 2. The van der Waals surface area contributed by atoms with Crippen molar-refractivity contribution >= 4 is 10.9 Å². The third kappa shape index (κ3) is 4.88. The van der Waals surface area contributed by atoms with E-state index in [4.69, 9.17) is 4.74 Å². The molecule has 0 radical (unpaired) electrons. The molecule has 1 atom stereocenters. The number of hydrogen-bond donors (Lipinski definition) is 2. The van der Waals surface area contributed by atoms with Crippen molar-refractivity contribution in [3.05, 3.63) is 77.6 Å². The zero-order chi connectivity index (χ0) is 25.2. The lowest BCUT2D eigenvalue weighted by Gasteiger charge is -2.16. The van der Waals surface area contributed by atoms with Crippen LogP contribution in [0.5, 0.6) is 17.2 Å². The Labute approximate surface area is 209 Å². The molecule has 1 aliphatic rings. The topological polar surface area (TPSA) is 57.9 Å². The summed E-state index contributed by atoms with van der Waals surface area (Å²) in [6.07, 6.45) is 0.914. The number of rotatable bonds is 8. The average Bonchev–Trinajstić information content (AvgIpc) is 3.44. The highest BCUT2D eigenvalue weighted by atomic mass is 19.1. The standard InChI is InChI=1S/C29H30F2N2O3/c1-19-25-15-23(34)5-8-27(25)33(29(19)22-4-9-28(35)26(31)14-22)18-20-2-6-24(7-3-20)36-13-12-32-11-10-21(16-30)17-32/h2-9,14-15,21,34-35H,10-13,16-18H2,1H3/t21-/m0/s1. The monoisotopic (exact) mass is 492 g/mol. The average molecular weight is 493 g/mol. The summed E-state index contributed by atoms with van der Waals surface area (Å²) in [6, 6.07) is 17.5. The molecule has 36 heavy (non-hydrogen) atoms. The number of ether oxygens (including phenoxy) is 1. The predicted octanol–water partition coefficient (Wildman–Crippen LogP) is 5.89. The third-order valence-corrected chi connectivity index (χ3v) is 7.05. The number of aromatic hydroxyl groups is 2. The molecular weight excluding hydrogens is 462 g/mol. The van der Waals surface area contributed by atoms with Crippen molar-refractivity contribution in [2.75, 3.05) is 32.9 Å². The first-order valence-electron chi connectivity index (χ1n) is 12.2. The van der Waals surface area contributed by atoms with Gasteiger partial charge in [-0.3, -0.25) is 9.29 Å². The Balaban J connectivity index is 1.36. The van der Waals surface area contributed by atoms with Crippen LogP contribution in [-0.2, 0) is 6.54 Å². The highest BCUT2D eigenvalue weighted by molar-refractivity contribution is 5.92. The lowest BCUT2D eigenvalue weighted by Crippen LogP contribution is -2.26. The number of hydrogen-bond acceptors (Lipinski definition) is 4. The summed E-state index contributed by atoms with van der Waals surface area (Å²) in [5, 5.41) is 20.6. The largest absolute Gasteiger partial charge is 0.508 e. The van der Waals surface area contributed by atoms with Gasteiger partial charge in [0.15, 0.2) is 11.6 Å². The maximum Gasteiger partial charge on any atom is 0.165 e. The van der Waals surface area contributed by atoms with E-state index in [2.05, 4.69) is 9.47 Å². The number of benzene rings is 3. The maximum atomic E-state index is 14.2. The van der Waals surface area contributed by atoms with Crippen LogP contribution in [0.3, 0.4) is 0 Å². The zero-order valence-corrected chi connectivity index (χ0v) is 20.3. The van der Waals surface area contributed by atoms with Crippen LogP contribution in [0.4, 0.5) is 8.78 Å². The molecule has 1 aliphatic heterocycles. The fourth-order valence-electron chi connectivity index (χ4n) is 5.11. The third-order valence-electron chi connectivity index (χ3n) is 7.05. The number of nitrogens with zero attached hydrogens (tertiary/aromatic N) is 2. The maximum absolute atomic E-state index is 14.2. The van der Waals surface area contributed by atoms with E-state index in [1.165, 1.54) is 12.1 Å². The van der Waals surface area contributed by atoms with E-state index in [0.29, 0.717) is 18.7 Å². The van der Waals surface area contributed by atoms with Crippen LogP contribution in [0.25, 0.3) is 22.2 Å². The van der Waals surface area contributed by atoms with E-state index >= 15 is 0 Å². The minimum atomic E-state index is -0.679. The van der Waals surface area contributed by atoms with Crippen LogP contribution in [-0.4, -0.2) is 52.6 Å². The van der Waals surface area contributed by atoms with Crippen molar-refractivity contribution in [3.63, 3.8) is 0 Å². The lowest BCUT2D eigenvalue weighted by atomic mass is 10.1. The van der Waals surface area contributed by atoms with Crippen LogP contribution >= 0.6 is 0 Å². The molecule has 3 aromatic carbocycles. The van der Waals surface area contributed by atoms with Crippen molar-refractivity contribution < 1.29 is 23.7 Å². The van der Waals surface area contributed by atoms with Crippen molar-refractivity contribution in [3.8, 4) is 28.5 Å². The van der Waals surface area contributed by atoms with Crippen LogP contribution in [0, 0.1) is 18.7 Å². The van der Waals surface area contributed by atoms with Gasteiger partial charge < -0.3 is 19.5 Å². The van der Waals surface area contributed by atoms with Gasteiger partial charge in [0, 0.05) is 42.0 Å².